The number of hydrogen-bond donors (Lipinski definition) is 3. The fourth-order valence-corrected chi connectivity index (χ4v) is 2.15. The van der Waals surface area contributed by atoms with Crippen LogP contribution in [0.15, 0.2) is 29.0 Å². The monoisotopic (exact) mass is 327 g/mol. The van der Waals surface area contributed by atoms with E-state index in [4.69, 9.17) is 17.4 Å². The lowest BCUT2D eigenvalue weighted by molar-refractivity contribution is 1.12. The van der Waals surface area contributed by atoms with Crippen molar-refractivity contribution >= 4 is 44.9 Å². The van der Waals surface area contributed by atoms with Crippen LogP contribution >= 0.6 is 27.5 Å². The zero-order chi connectivity index (χ0) is 13.1. The summed E-state index contributed by atoms with van der Waals surface area (Å²) in [6.07, 6.45) is 1.41. The molecule has 4 N–H and O–H groups in total. The zero-order valence-corrected chi connectivity index (χ0v) is 11.9. The highest BCUT2D eigenvalue weighted by Crippen LogP contribution is 2.32. The molecule has 0 amide bonds. The van der Waals surface area contributed by atoms with E-state index < -0.39 is 0 Å². The Morgan fingerprint density at radius 2 is 2.00 bits per heavy atom. The molecule has 0 unspecified atom stereocenters. The van der Waals surface area contributed by atoms with Crippen LogP contribution in [0.4, 0.5) is 17.3 Å². The molecule has 7 heteroatoms. The molecule has 0 radical (unpaired) electrons. The number of aryl methyl sites for hydroxylation is 1. The van der Waals surface area contributed by atoms with Crippen LogP contribution in [0, 0.1) is 6.92 Å². The summed E-state index contributed by atoms with van der Waals surface area (Å²) < 4.78 is 0.645. The number of nitrogens with two attached hydrogens (primary N) is 1. The van der Waals surface area contributed by atoms with E-state index in [9.17, 15) is 0 Å². The summed E-state index contributed by atoms with van der Waals surface area (Å²) in [5.74, 6) is 6.44. The minimum Gasteiger partial charge on any atom is -0.338 e. The maximum Gasteiger partial charge on any atom is 0.159 e. The Kier molecular flexibility index (Phi) is 4.00. The summed E-state index contributed by atoms with van der Waals surface area (Å²) >= 11 is 9.52. The molecule has 2 aromatic rings. The van der Waals surface area contributed by atoms with Gasteiger partial charge in [-0.2, -0.15) is 0 Å². The van der Waals surface area contributed by atoms with Crippen molar-refractivity contribution in [3.05, 3.63) is 39.6 Å². The average molecular weight is 329 g/mol. The van der Waals surface area contributed by atoms with Gasteiger partial charge in [0.05, 0.1) is 10.7 Å². The standard InChI is InChI=1S/C11H11BrClN5/c1-6-3-2-4-7(13)9(6)17-10-8(12)11(18-14)16-5-15-10/h2-5H,14H2,1H3,(H2,15,16,17,18). The smallest absolute Gasteiger partial charge is 0.159 e. The van der Waals surface area contributed by atoms with Crippen molar-refractivity contribution in [2.75, 3.05) is 10.7 Å². The lowest BCUT2D eigenvalue weighted by Gasteiger charge is -2.13. The zero-order valence-electron chi connectivity index (χ0n) is 9.54. The number of aromatic nitrogens is 2. The van der Waals surface area contributed by atoms with Gasteiger partial charge < -0.3 is 10.7 Å². The lowest BCUT2D eigenvalue weighted by atomic mass is 10.2. The van der Waals surface area contributed by atoms with Crippen LogP contribution in [0.1, 0.15) is 5.56 Å². The number of rotatable bonds is 3. The Labute approximate surface area is 118 Å². The minimum atomic E-state index is 0.497. The molecule has 0 saturated carbocycles. The fourth-order valence-electron chi connectivity index (χ4n) is 1.47. The first-order valence-electron chi connectivity index (χ1n) is 5.12. The molecule has 94 valence electrons. The van der Waals surface area contributed by atoms with E-state index in [0.29, 0.717) is 21.1 Å². The highest BCUT2D eigenvalue weighted by molar-refractivity contribution is 9.10. The SMILES string of the molecule is Cc1cccc(Cl)c1Nc1ncnc(NN)c1Br. The van der Waals surface area contributed by atoms with Crippen molar-refractivity contribution in [3.8, 4) is 0 Å². The third-order valence-corrected chi connectivity index (χ3v) is 3.46. The van der Waals surface area contributed by atoms with Gasteiger partial charge in [0.2, 0.25) is 0 Å². The molecule has 1 heterocycles. The molecular formula is C11H11BrClN5. The number of nitrogens with one attached hydrogen (secondary N) is 2. The molecule has 18 heavy (non-hydrogen) atoms. The summed E-state index contributed by atoms with van der Waals surface area (Å²) in [6, 6.07) is 5.67. The molecule has 0 spiro atoms. The van der Waals surface area contributed by atoms with Crippen LogP contribution in [-0.2, 0) is 0 Å². The molecule has 0 aliphatic carbocycles. The topological polar surface area (TPSA) is 75.9 Å². The largest absolute Gasteiger partial charge is 0.338 e. The third kappa shape index (κ3) is 2.55. The second kappa shape index (κ2) is 5.51. The molecule has 2 rings (SSSR count). The molecule has 0 fully saturated rings. The Morgan fingerprint density at radius 3 is 2.67 bits per heavy atom. The van der Waals surface area contributed by atoms with E-state index in [2.05, 4.69) is 36.6 Å². The van der Waals surface area contributed by atoms with Gasteiger partial charge in [-0.25, -0.2) is 15.8 Å². The highest BCUT2D eigenvalue weighted by Gasteiger charge is 2.10. The molecule has 5 nitrogen and oxygen atoms in total. The Hall–Kier alpha value is -1.37. The predicted molar refractivity (Wildman–Crippen MR) is 77.0 cm³/mol. The van der Waals surface area contributed by atoms with Gasteiger partial charge >= 0.3 is 0 Å². The van der Waals surface area contributed by atoms with Crippen LogP contribution < -0.4 is 16.6 Å². The van der Waals surface area contributed by atoms with Crippen molar-refractivity contribution in [1.82, 2.24) is 9.97 Å². The number of nitrogen functional groups attached to an aromatic ring is 1. The van der Waals surface area contributed by atoms with Crippen molar-refractivity contribution < 1.29 is 0 Å². The van der Waals surface area contributed by atoms with Crippen molar-refractivity contribution in [3.63, 3.8) is 0 Å². The van der Waals surface area contributed by atoms with Gasteiger partial charge in [-0.15, -0.1) is 0 Å². The maximum absolute atomic E-state index is 6.14. The number of para-hydroxylation sites is 1. The number of hydrazine groups is 1. The normalized spacial score (nSPS) is 10.2. The molecule has 1 aromatic heterocycles. The number of anilines is 3. The quantitative estimate of drug-likeness (QED) is 0.596. The Bertz CT molecular complexity index is 555. The Morgan fingerprint density at radius 1 is 1.28 bits per heavy atom. The molecular weight excluding hydrogens is 318 g/mol. The van der Waals surface area contributed by atoms with Crippen molar-refractivity contribution in [2.45, 2.75) is 6.92 Å². The molecule has 0 bridgehead atoms. The summed E-state index contributed by atoms with van der Waals surface area (Å²) in [5, 5.41) is 3.79. The van der Waals surface area contributed by atoms with Crippen LogP contribution in [0.25, 0.3) is 0 Å². The Balaban J connectivity index is 2.40. The van der Waals surface area contributed by atoms with E-state index >= 15 is 0 Å². The van der Waals surface area contributed by atoms with E-state index in [1.807, 2.05) is 25.1 Å². The summed E-state index contributed by atoms with van der Waals surface area (Å²) in [5.41, 5.74) is 4.31. The maximum atomic E-state index is 6.14. The molecule has 0 aliphatic rings. The molecule has 0 saturated heterocycles. The predicted octanol–water partition coefficient (Wildman–Crippen LogP) is 3.23. The van der Waals surface area contributed by atoms with Crippen LogP contribution in [-0.4, -0.2) is 9.97 Å². The summed E-state index contributed by atoms with van der Waals surface area (Å²) in [7, 11) is 0. The van der Waals surface area contributed by atoms with Gasteiger partial charge in [0.15, 0.2) is 5.82 Å². The van der Waals surface area contributed by atoms with Crippen LogP contribution in [0.2, 0.25) is 5.02 Å². The van der Waals surface area contributed by atoms with Gasteiger partial charge in [0.25, 0.3) is 0 Å². The number of benzene rings is 1. The van der Waals surface area contributed by atoms with Crippen LogP contribution in [0.3, 0.4) is 0 Å². The molecule has 0 aliphatic heterocycles. The van der Waals surface area contributed by atoms with E-state index in [0.717, 1.165) is 11.3 Å². The average Bonchev–Trinajstić information content (AvgIpc) is 2.36. The first-order chi connectivity index (χ1) is 8.63. The number of halogens is 2. The number of hydrogen-bond acceptors (Lipinski definition) is 5. The summed E-state index contributed by atoms with van der Waals surface area (Å²) in [6.45, 7) is 1.96. The van der Waals surface area contributed by atoms with E-state index in [1.165, 1.54) is 6.33 Å². The minimum absolute atomic E-state index is 0.497. The summed E-state index contributed by atoms with van der Waals surface area (Å²) in [4.78, 5) is 8.12. The van der Waals surface area contributed by atoms with Gasteiger partial charge in [-0.1, -0.05) is 23.7 Å². The van der Waals surface area contributed by atoms with E-state index in [1.54, 1.807) is 0 Å². The van der Waals surface area contributed by atoms with Gasteiger partial charge in [-0.05, 0) is 34.5 Å². The molecule has 0 atom stereocenters. The lowest BCUT2D eigenvalue weighted by Crippen LogP contribution is -2.10. The number of nitrogens with zero attached hydrogens (tertiary/aromatic N) is 2. The van der Waals surface area contributed by atoms with Gasteiger partial charge in [0, 0.05) is 0 Å². The van der Waals surface area contributed by atoms with Crippen molar-refractivity contribution in [2.24, 2.45) is 5.84 Å². The van der Waals surface area contributed by atoms with Crippen molar-refractivity contribution in [1.29, 1.82) is 0 Å². The second-order valence-corrected chi connectivity index (χ2v) is 4.79. The first-order valence-corrected chi connectivity index (χ1v) is 6.30. The second-order valence-electron chi connectivity index (χ2n) is 3.59. The van der Waals surface area contributed by atoms with Gasteiger partial charge in [0.1, 0.15) is 16.6 Å². The molecule has 1 aromatic carbocycles. The van der Waals surface area contributed by atoms with Gasteiger partial charge in [-0.3, -0.25) is 0 Å². The van der Waals surface area contributed by atoms with Crippen LogP contribution in [0.5, 0.6) is 0 Å². The highest BCUT2D eigenvalue weighted by atomic mass is 79.9. The first kappa shape index (κ1) is 13.1. The third-order valence-electron chi connectivity index (χ3n) is 2.39. The van der Waals surface area contributed by atoms with E-state index in [-0.39, 0.29) is 0 Å². The fraction of sp³-hybridized carbons (Fsp3) is 0.0909.